The first-order chi connectivity index (χ1) is 8.89. The third kappa shape index (κ3) is 2.98. The van der Waals surface area contributed by atoms with Crippen LogP contribution in [0.1, 0.15) is 17.5 Å². The predicted molar refractivity (Wildman–Crippen MR) is 65.7 cm³/mol. The van der Waals surface area contributed by atoms with Gasteiger partial charge in [-0.05, 0) is 18.6 Å². The van der Waals surface area contributed by atoms with Crippen molar-refractivity contribution in [3.63, 3.8) is 0 Å². The van der Waals surface area contributed by atoms with Crippen LogP contribution in [0.15, 0.2) is 30.3 Å². The number of alkyl halides is 2. The molecule has 1 saturated heterocycles. The smallest absolute Gasteiger partial charge is 0.313 e. The van der Waals surface area contributed by atoms with E-state index in [1.54, 1.807) is 12.1 Å². The maximum Gasteiger partial charge on any atom is 0.313 e. The van der Waals surface area contributed by atoms with Gasteiger partial charge >= 0.3 is 11.9 Å². The first kappa shape index (κ1) is 13.7. The monoisotopic (exact) mass is 268 g/mol. The largest absolute Gasteiger partial charge is 0.451 e. The van der Waals surface area contributed by atoms with Crippen LogP contribution in [-0.2, 0) is 9.53 Å². The molecule has 3 nitrogen and oxygen atoms in total. The Balaban J connectivity index is 2.16. The van der Waals surface area contributed by atoms with Crippen molar-refractivity contribution in [1.29, 1.82) is 0 Å². The standard InChI is InChI=1S/C14H14F2O3/c1-9-2-4-10(5-3-9)6-7-12-14(15,16)11(17)8-13(18)19-12/h2-7,11-12,17H,8H2,1H3/b7-6+. The van der Waals surface area contributed by atoms with Gasteiger partial charge in [0.15, 0.2) is 6.10 Å². The van der Waals surface area contributed by atoms with Gasteiger partial charge in [0.1, 0.15) is 6.10 Å². The number of rotatable bonds is 2. The number of benzene rings is 1. The van der Waals surface area contributed by atoms with Crippen LogP contribution in [-0.4, -0.2) is 29.2 Å². The number of carbonyl (C=O) groups excluding carboxylic acids is 1. The number of cyclic esters (lactones) is 1. The fourth-order valence-corrected chi connectivity index (χ4v) is 1.80. The van der Waals surface area contributed by atoms with Crippen LogP contribution in [0.2, 0.25) is 0 Å². The van der Waals surface area contributed by atoms with E-state index in [2.05, 4.69) is 4.74 Å². The van der Waals surface area contributed by atoms with Crippen LogP contribution in [0.5, 0.6) is 0 Å². The Bertz CT molecular complexity index is 494. The molecule has 1 heterocycles. The van der Waals surface area contributed by atoms with Gasteiger partial charge in [-0.15, -0.1) is 0 Å². The number of hydrogen-bond acceptors (Lipinski definition) is 3. The van der Waals surface area contributed by atoms with Gasteiger partial charge in [-0.1, -0.05) is 35.9 Å². The number of aryl methyl sites for hydroxylation is 1. The molecule has 0 saturated carbocycles. The van der Waals surface area contributed by atoms with Crippen molar-refractivity contribution in [3.8, 4) is 0 Å². The number of hydrogen-bond donors (Lipinski definition) is 1. The lowest BCUT2D eigenvalue weighted by Crippen LogP contribution is -2.51. The van der Waals surface area contributed by atoms with Gasteiger partial charge in [-0.3, -0.25) is 4.79 Å². The van der Waals surface area contributed by atoms with Gasteiger partial charge in [-0.25, -0.2) is 0 Å². The molecule has 2 atom stereocenters. The molecule has 1 aliphatic heterocycles. The average molecular weight is 268 g/mol. The normalized spacial score (nSPS) is 26.4. The summed E-state index contributed by atoms with van der Waals surface area (Å²) in [4.78, 5) is 11.1. The van der Waals surface area contributed by atoms with Crippen molar-refractivity contribution in [1.82, 2.24) is 0 Å². The molecular formula is C14H14F2O3. The highest BCUT2D eigenvalue weighted by Crippen LogP contribution is 2.33. The molecule has 5 heteroatoms. The van der Waals surface area contributed by atoms with Gasteiger partial charge in [0, 0.05) is 0 Å². The Hall–Kier alpha value is -1.75. The average Bonchev–Trinajstić information content (AvgIpc) is 2.34. The fraction of sp³-hybridized carbons (Fsp3) is 0.357. The minimum atomic E-state index is -3.46. The van der Waals surface area contributed by atoms with Crippen molar-refractivity contribution in [2.75, 3.05) is 0 Å². The Morgan fingerprint density at radius 3 is 2.63 bits per heavy atom. The van der Waals surface area contributed by atoms with E-state index in [4.69, 9.17) is 0 Å². The Morgan fingerprint density at radius 1 is 1.37 bits per heavy atom. The van der Waals surface area contributed by atoms with Gasteiger partial charge < -0.3 is 9.84 Å². The number of aliphatic hydroxyl groups is 1. The molecule has 2 unspecified atom stereocenters. The zero-order valence-electron chi connectivity index (χ0n) is 10.3. The molecule has 1 fully saturated rings. The van der Waals surface area contributed by atoms with E-state index in [-0.39, 0.29) is 0 Å². The van der Waals surface area contributed by atoms with E-state index in [1.807, 2.05) is 19.1 Å². The van der Waals surface area contributed by atoms with Crippen LogP contribution in [0.4, 0.5) is 8.78 Å². The second kappa shape index (κ2) is 5.09. The van der Waals surface area contributed by atoms with Gasteiger partial charge in [0.05, 0.1) is 6.42 Å². The second-order valence-electron chi connectivity index (χ2n) is 4.57. The topological polar surface area (TPSA) is 46.5 Å². The summed E-state index contributed by atoms with van der Waals surface area (Å²) >= 11 is 0. The van der Waals surface area contributed by atoms with Gasteiger partial charge in [-0.2, -0.15) is 8.78 Å². The summed E-state index contributed by atoms with van der Waals surface area (Å²) < 4.78 is 31.8. The van der Waals surface area contributed by atoms with E-state index in [0.717, 1.165) is 17.2 Å². The molecule has 1 aliphatic rings. The Morgan fingerprint density at radius 2 is 2.00 bits per heavy atom. The number of ether oxygens (including phenoxy) is 1. The second-order valence-corrected chi connectivity index (χ2v) is 4.57. The molecule has 102 valence electrons. The molecule has 0 radical (unpaired) electrons. The number of halogens is 2. The van der Waals surface area contributed by atoms with Crippen molar-refractivity contribution in [2.45, 2.75) is 31.5 Å². The van der Waals surface area contributed by atoms with Crippen molar-refractivity contribution < 1.29 is 23.4 Å². The molecule has 0 spiro atoms. The maximum absolute atomic E-state index is 13.6. The van der Waals surface area contributed by atoms with E-state index in [1.165, 1.54) is 6.08 Å². The third-order valence-corrected chi connectivity index (χ3v) is 2.98. The minimum absolute atomic E-state index is 0.679. The summed E-state index contributed by atoms with van der Waals surface area (Å²) in [5.41, 5.74) is 1.78. The van der Waals surface area contributed by atoms with Gasteiger partial charge in [0.2, 0.25) is 0 Å². The number of aliphatic hydroxyl groups excluding tert-OH is 1. The molecule has 1 aromatic rings. The highest BCUT2D eigenvalue weighted by atomic mass is 19.3. The fourth-order valence-electron chi connectivity index (χ4n) is 1.80. The van der Waals surface area contributed by atoms with Crippen LogP contribution < -0.4 is 0 Å². The lowest BCUT2D eigenvalue weighted by molar-refractivity contribution is -0.215. The van der Waals surface area contributed by atoms with Crippen molar-refractivity contribution in [3.05, 3.63) is 41.5 Å². The molecule has 0 amide bonds. The first-order valence-corrected chi connectivity index (χ1v) is 5.90. The maximum atomic E-state index is 13.6. The van der Waals surface area contributed by atoms with E-state index >= 15 is 0 Å². The zero-order chi connectivity index (χ0) is 14.0. The van der Waals surface area contributed by atoms with E-state index in [9.17, 15) is 18.7 Å². The zero-order valence-corrected chi connectivity index (χ0v) is 10.3. The molecule has 0 aromatic heterocycles. The summed E-state index contributed by atoms with van der Waals surface area (Å²) in [6.45, 7) is 1.92. The minimum Gasteiger partial charge on any atom is -0.451 e. The number of esters is 1. The molecule has 1 N–H and O–H groups in total. The predicted octanol–water partition coefficient (Wildman–Crippen LogP) is 2.32. The van der Waals surface area contributed by atoms with Gasteiger partial charge in [0.25, 0.3) is 0 Å². The summed E-state index contributed by atoms with van der Waals surface area (Å²) in [7, 11) is 0. The number of carbonyl (C=O) groups is 1. The van der Waals surface area contributed by atoms with E-state index in [0.29, 0.717) is 0 Å². The summed E-state index contributed by atoms with van der Waals surface area (Å²) in [6.07, 6.45) is -1.86. The lowest BCUT2D eigenvalue weighted by atomic mass is 9.99. The highest BCUT2D eigenvalue weighted by Gasteiger charge is 2.52. The van der Waals surface area contributed by atoms with Crippen molar-refractivity contribution >= 4 is 12.0 Å². The quantitative estimate of drug-likeness (QED) is 0.837. The Labute approximate surface area is 109 Å². The summed E-state index contributed by atoms with van der Waals surface area (Å²) in [5, 5.41) is 9.23. The summed E-state index contributed by atoms with van der Waals surface area (Å²) in [5.74, 6) is -4.29. The first-order valence-electron chi connectivity index (χ1n) is 5.90. The van der Waals surface area contributed by atoms with Crippen LogP contribution in [0.3, 0.4) is 0 Å². The highest BCUT2D eigenvalue weighted by molar-refractivity contribution is 5.72. The van der Waals surface area contributed by atoms with Crippen LogP contribution in [0.25, 0.3) is 6.08 Å². The Kier molecular flexibility index (Phi) is 3.66. The van der Waals surface area contributed by atoms with Crippen LogP contribution >= 0.6 is 0 Å². The molecule has 0 aliphatic carbocycles. The van der Waals surface area contributed by atoms with Crippen molar-refractivity contribution in [2.24, 2.45) is 0 Å². The SMILES string of the molecule is Cc1ccc(/C=C/C2OC(=O)CC(O)C2(F)F)cc1. The van der Waals surface area contributed by atoms with Crippen LogP contribution in [0, 0.1) is 6.92 Å². The molecule has 0 bridgehead atoms. The lowest BCUT2D eigenvalue weighted by Gasteiger charge is -2.32. The molecule has 19 heavy (non-hydrogen) atoms. The molecule has 1 aromatic carbocycles. The third-order valence-electron chi connectivity index (χ3n) is 2.98. The molecule has 2 rings (SSSR count). The molecular weight excluding hydrogens is 254 g/mol. The summed E-state index contributed by atoms with van der Waals surface area (Å²) in [6, 6.07) is 7.23. The van der Waals surface area contributed by atoms with E-state index < -0.39 is 30.5 Å².